The molecule has 0 bridgehead atoms. The van der Waals surface area contributed by atoms with Crippen LogP contribution in [0.3, 0.4) is 0 Å². The van der Waals surface area contributed by atoms with E-state index in [4.69, 9.17) is 4.74 Å². The summed E-state index contributed by atoms with van der Waals surface area (Å²) in [6, 6.07) is 8.22. The van der Waals surface area contributed by atoms with E-state index in [1.807, 2.05) is 0 Å². The standard InChI is InChI=1S/C22H22F3NO3/c1-21(2,3)29-20(28)26-9-8-16-10-14(13-27)11-18(19(16)12-26)15-4-6-17(7-5-15)22(23,24)25/h4-7,10-11,13H,8-9,12H2,1-3H3. The fraction of sp³-hybridized carbons (Fsp3) is 0.364. The molecule has 0 aliphatic carbocycles. The van der Waals surface area contributed by atoms with Crippen molar-refractivity contribution >= 4 is 12.4 Å². The number of amides is 1. The molecule has 7 heteroatoms. The first-order chi connectivity index (χ1) is 13.5. The van der Waals surface area contributed by atoms with E-state index in [1.165, 1.54) is 12.1 Å². The van der Waals surface area contributed by atoms with Crippen molar-refractivity contribution in [2.45, 2.75) is 45.5 Å². The molecule has 0 fully saturated rings. The molecule has 2 aromatic rings. The van der Waals surface area contributed by atoms with Crippen molar-refractivity contribution in [3.8, 4) is 11.1 Å². The highest BCUT2D eigenvalue weighted by Gasteiger charge is 2.31. The fourth-order valence-electron chi connectivity index (χ4n) is 3.34. The van der Waals surface area contributed by atoms with Gasteiger partial charge in [0.25, 0.3) is 0 Å². The summed E-state index contributed by atoms with van der Waals surface area (Å²) in [6.45, 7) is 6.06. The highest BCUT2D eigenvalue weighted by atomic mass is 19.4. The van der Waals surface area contributed by atoms with E-state index in [0.717, 1.165) is 23.3 Å². The molecule has 154 valence electrons. The summed E-state index contributed by atoms with van der Waals surface area (Å²) < 4.78 is 44.1. The number of halogens is 3. The van der Waals surface area contributed by atoms with E-state index in [0.29, 0.717) is 35.9 Å². The van der Waals surface area contributed by atoms with Crippen LogP contribution in [0.5, 0.6) is 0 Å². The van der Waals surface area contributed by atoms with Crippen LogP contribution in [0.15, 0.2) is 36.4 Å². The quantitative estimate of drug-likeness (QED) is 0.622. The van der Waals surface area contributed by atoms with Gasteiger partial charge in [-0.15, -0.1) is 0 Å². The Balaban J connectivity index is 1.99. The Morgan fingerprint density at radius 3 is 2.31 bits per heavy atom. The van der Waals surface area contributed by atoms with Crippen molar-refractivity contribution in [3.05, 3.63) is 58.7 Å². The summed E-state index contributed by atoms with van der Waals surface area (Å²) in [7, 11) is 0. The fourth-order valence-corrected chi connectivity index (χ4v) is 3.34. The van der Waals surface area contributed by atoms with Crippen LogP contribution in [-0.4, -0.2) is 29.4 Å². The molecule has 0 spiro atoms. The molecule has 0 saturated heterocycles. The minimum atomic E-state index is -4.42. The maximum absolute atomic E-state index is 12.9. The second-order valence-corrected chi connectivity index (χ2v) is 8.05. The zero-order chi connectivity index (χ0) is 21.4. The first-order valence-electron chi connectivity index (χ1n) is 9.24. The van der Waals surface area contributed by atoms with Gasteiger partial charge in [-0.2, -0.15) is 13.2 Å². The highest BCUT2D eigenvalue weighted by Crippen LogP contribution is 2.35. The first-order valence-corrected chi connectivity index (χ1v) is 9.24. The molecule has 1 heterocycles. The molecule has 0 radical (unpaired) electrons. The molecule has 0 aromatic heterocycles. The molecular weight excluding hydrogens is 383 g/mol. The third-order valence-electron chi connectivity index (χ3n) is 4.68. The van der Waals surface area contributed by atoms with E-state index < -0.39 is 23.4 Å². The minimum Gasteiger partial charge on any atom is -0.444 e. The summed E-state index contributed by atoms with van der Waals surface area (Å²) in [5.41, 5.74) is 2.00. The third-order valence-corrected chi connectivity index (χ3v) is 4.68. The summed E-state index contributed by atoms with van der Waals surface area (Å²) in [5, 5.41) is 0. The summed E-state index contributed by atoms with van der Waals surface area (Å²) in [4.78, 5) is 25.4. The number of carbonyl (C=O) groups excluding carboxylic acids is 2. The molecule has 0 unspecified atom stereocenters. The van der Waals surface area contributed by atoms with E-state index >= 15 is 0 Å². The molecule has 0 atom stereocenters. The average molecular weight is 405 g/mol. The Kier molecular flexibility index (Phi) is 5.43. The molecular formula is C22H22F3NO3. The molecule has 3 rings (SSSR count). The number of benzene rings is 2. The molecule has 2 aromatic carbocycles. The number of aldehydes is 1. The van der Waals surface area contributed by atoms with E-state index in [-0.39, 0.29) is 6.54 Å². The Hall–Kier alpha value is -2.83. The van der Waals surface area contributed by atoms with Gasteiger partial charge in [-0.1, -0.05) is 12.1 Å². The van der Waals surface area contributed by atoms with Crippen LogP contribution in [0.4, 0.5) is 18.0 Å². The third kappa shape index (κ3) is 4.78. The van der Waals surface area contributed by atoms with Crippen LogP contribution in [0.2, 0.25) is 0 Å². The average Bonchev–Trinajstić information content (AvgIpc) is 2.64. The molecule has 0 saturated carbocycles. The molecule has 1 amide bonds. The van der Waals surface area contributed by atoms with Gasteiger partial charge in [-0.3, -0.25) is 4.79 Å². The zero-order valence-corrected chi connectivity index (χ0v) is 16.5. The van der Waals surface area contributed by atoms with Gasteiger partial charge >= 0.3 is 12.3 Å². The number of ether oxygens (including phenoxy) is 1. The predicted octanol–water partition coefficient (Wildman–Crippen LogP) is 5.48. The van der Waals surface area contributed by atoms with Crippen LogP contribution >= 0.6 is 0 Å². The zero-order valence-electron chi connectivity index (χ0n) is 16.5. The van der Waals surface area contributed by atoms with Gasteiger partial charge in [0.2, 0.25) is 0 Å². The second kappa shape index (κ2) is 7.54. The van der Waals surface area contributed by atoms with E-state index in [2.05, 4.69) is 0 Å². The number of fused-ring (bicyclic) bond motifs is 1. The van der Waals surface area contributed by atoms with E-state index in [9.17, 15) is 22.8 Å². The summed E-state index contributed by atoms with van der Waals surface area (Å²) in [6.07, 6.45) is -3.62. The number of rotatable bonds is 2. The van der Waals surface area contributed by atoms with Gasteiger partial charge in [0.05, 0.1) is 5.56 Å². The normalized spacial score (nSPS) is 14.3. The van der Waals surface area contributed by atoms with Gasteiger partial charge in [0.15, 0.2) is 0 Å². The first kappa shape index (κ1) is 20.9. The van der Waals surface area contributed by atoms with Gasteiger partial charge in [-0.05, 0) is 73.7 Å². The van der Waals surface area contributed by atoms with Crippen molar-refractivity contribution in [1.29, 1.82) is 0 Å². The van der Waals surface area contributed by atoms with Crippen molar-refractivity contribution < 1.29 is 27.5 Å². The van der Waals surface area contributed by atoms with Crippen LogP contribution in [0, 0.1) is 0 Å². The Labute approximate surface area is 167 Å². The van der Waals surface area contributed by atoms with Crippen molar-refractivity contribution in [2.75, 3.05) is 6.54 Å². The van der Waals surface area contributed by atoms with Crippen molar-refractivity contribution in [3.63, 3.8) is 0 Å². The minimum absolute atomic E-state index is 0.264. The number of hydrogen-bond donors (Lipinski definition) is 0. The highest BCUT2D eigenvalue weighted by molar-refractivity contribution is 5.82. The molecule has 0 N–H and O–H groups in total. The van der Waals surface area contributed by atoms with Gasteiger partial charge in [0, 0.05) is 18.7 Å². The molecule has 29 heavy (non-hydrogen) atoms. The number of hydrogen-bond acceptors (Lipinski definition) is 3. The van der Waals surface area contributed by atoms with Crippen LogP contribution in [0.1, 0.15) is 47.8 Å². The lowest BCUT2D eigenvalue weighted by atomic mass is 9.89. The largest absolute Gasteiger partial charge is 0.444 e. The Morgan fingerprint density at radius 1 is 1.10 bits per heavy atom. The number of carbonyl (C=O) groups is 2. The smallest absolute Gasteiger partial charge is 0.416 e. The molecule has 1 aliphatic rings. The topological polar surface area (TPSA) is 46.6 Å². The summed E-state index contributed by atoms with van der Waals surface area (Å²) >= 11 is 0. The van der Waals surface area contributed by atoms with Crippen LogP contribution in [0.25, 0.3) is 11.1 Å². The Morgan fingerprint density at radius 2 is 1.76 bits per heavy atom. The second-order valence-electron chi connectivity index (χ2n) is 8.05. The SMILES string of the molecule is CC(C)(C)OC(=O)N1CCc2cc(C=O)cc(-c3ccc(C(F)(F)F)cc3)c2C1. The Bertz CT molecular complexity index is 928. The van der Waals surface area contributed by atoms with Crippen LogP contribution in [-0.2, 0) is 23.9 Å². The molecule has 1 aliphatic heterocycles. The number of alkyl halides is 3. The lowest BCUT2D eigenvalue weighted by Crippen LogP contribution is -2.40. The summed E-state index contributed by atoms with van der Waals surface area (Å²) in [5.74, 6) is 0. The maximum atomic E-state index is 12.9. The lowest BCUT2D eigenvalue weighted by molar-refractivity contribution is -0.137. The molecule has 4 nitrogen and oxygen atoms in total. The van der Waals surface area contributed by atoms with Gasteiger partial charge in [0.1, 0.15) is 11.9 Å². The van der Waals surface area contributed by atoms with Crippen molar-refractivity contribution in [1.82, 2.24) is 4.90 Å². The maximum Gasteiger partial charge on any atom is 0.416 e. The van der Waals surface area contributed by atoms with Gasteiger partial charge in [-0.25, -0.2) is 4.79 Å². The number of nitrogens with zero attached hydrogens (tertiary/aromatic N) is 1. The van der Waals surface area contributed by atoms with E-state index in [1.54, 1.807) is 37.8 Å². The van der Waals surface area contributed by atoms with Gasteiger partial charge < -0.3 is 9.64 Å². The van der Waals surface area contributed by atoms with Crippen LogP contribution < -0.4 is 0 Å². The lowest BCUT2D eigenvalue weighted by Gasteiger charge is -2.32. The monoisotopic (exact) mass is 405 g/mol. The van der Waals surface area contributed by atoms with Crippen molar-refractivity contribution in [2.24, 2.45) is 0 Å². The predicted molar refractivity (Wildman–Crippen MR) is 103 cm³/mol.